The van der Waals surface area contributed by atoms with Gasteiger partial charge in [0.15, 0.2) is 12.4 Å². The summed E-state index contributed by atoms with van der Waals surface area (Å²) in [6.45, 7) is 5.99. The van der Waals surface area contributed by atoms with E-state index >= 15 is 0 Å². The summed E-state index contributed by atoms with van der Waals surface area (Å²) in [6, 6.07) is 2.77. The van der Waals surface area contributed by atoms with Gasteiger partial charge in [-0.05, 0) is 25.3 Å². The van der Waals surface area contributed by atoms with E-state index in [2.05, 4.69) is 24.8 Å². The maximum absolute atomic E-state index is 14.2. The van der Waals surface area contributed by atoms with Gasteiger partial charge in [0.1, 0.15) is 11.4 Å². The first-order valence-electron chi connectivity index (χ1n) is 7.16. The van der Waals surface area contributed by atoms with Crippen LogP contribution in [0.2, 0.25) is 0 Å². The fourth-order valence-corrected chi connectivity index (χ4v) is 2.40. The standard InChI is InChI=1S/C17H19FN2O2/c1-5-6-20-15-9-14(19-12(4)7-11(2)3)13(18)8-16(15)22-10-17(20)21/h1,8-9,11H,6-7,10H2,2-4H3. The zero-order chi connectivity index (χ0) is 16.3. The molecule has 0 bridgehead atoms. The van der Waals surface area contributed by atoms with E-state index in [1.165, 1.54) is 17.0 Å². The van der Waals surface area contributed by atoms with Gasteiger partial charge in [0, 0.05) is 11.8 Å². The maximum Gasteiger partial charge on any atom is 0.265 e. The second-order valence-electron chi connectivity index (χ2n) is 5.69. The topological polar surface area (TPSA) is 41.9 Å². The molecule has 1 heterocycles. The molecule has 1 aromatic rings. The molecule has 1 aliphatic rings. The van der Waals surface area contributed by atoms with Crippen molar-refractivity contribution in [2.75, 3.05) is 18.1 Å². The number of hydrogen-bond donors (Lipinski definition) is 0. The maximum atomic E-state index is 14.2. The summed E-state index contributed by atoms with van der Waals surface area (Å²) >= 11 is 0. The van der Waals surface area contributed by atoms with Gasteiger partial charge in [-0.15, -0.1) is 6.42 Å². The Kier molecular flexibility index (Phi) is 4.81. The molecule has 0 saturated carbocycles. The molecular formula is C17H19FN2O2. The summed E-state index contributed by atoms with van der Waals surface area (Å²) in [7, 11) is 0. The minimum absolute atomic E-state index is 0.120. The monoisotopic (exact) mass is 302 g/mol. The molecule has 22 heavy (non-hydrogen) atoms. The number of nitrogens with zero attached hydrogens (tertiary/aromatic N) is 2. The lowest BCUT2D eigenvalue weighted by atomic mass is 10.1. The number of halogens is 1. The number of hydrogen-bond acceptors (Lipinski definition) is 3. The smallest absolute Gasteiger partial charge is 0.265 e. The molecule has 0 aliphatic carbocycles. The Morgan fingerprint density at radius 1 is 1.55 bits per heavy atom. The zero-order valence-electron chi connectivity index (χ0n) is 13.0. The van der Waals surface area contributed by atoms with Crippen LogP contribution in [-0.4, -0.2) is 24.8 Å². The molecule has 116 valence electrons. The summed E-state index contributed by atoms with van der Waals surface area (Å²) in [4.78, 5) is 17.6. The third-order valence-corrected chi connectivity index (χ3v) is 3.24. The fraction of sp³-hybridized carbons (Fsp3) is 0.412. The first-order chi connectivity index (χ1) is 10.4. The van der Waals surface area contributed by atoms with Crippen molar-refractivity contribution in [1.82, 2.24) is 0 Å². The minimum atomic E-state index is -0.475. The van der Waals surface area contributed by atoms with Crippen molar-refractivity contribution >= 4 is 23.0 Å². The van der Waals surface area contributed by atoms with E-state index in [4.69, 9.17) is 11.2 Å². The number of ether oxygens (including phenoxy) is 1. The summed E-state index contributed by atoms with van der Waals surface area (Å²) in [5.74, 6) is 2.46. The van der Waals surface area contributed by atoms with Crippen molar-refractivity contribution in [3.63, 3.8) is 0 Å². The molecule has 1 aromatic carbocycles. The molecule has 0 atom stereocenters. The summed E-state index contributed by atoms with van der Waals surface area (Å²) < 4.78 is 19.4. The Balaban J connectivity index is 2.43. The number of rotatable bonds is 4. The number of carbonyl (C=O) groups is 1. The van der Waals surface area contributed by atoms with Gasteiger partial charge in [-0.1, -0.05) is 19.8 Å². The molecule has 1 amide bonds. The van der Waals surface area contributed by atoms with Crippen LogP contribution in [0.25, 0.3) is 0 Å². The van der Waals surface area contributed by atoms with Crippen LogP contribution in [0.4, 0.5) is 15.8 Å². The third-order valence-electron chi connectivity index (χ3n) is 3.24. The highest BCUT2D eigenvalue weighted by molar-refractivity contribution is 5.99. The van der Waals surface area contributed by atoms with Crippen molar-refractivity contribution in [3.05, 3.63) is 17.9 Å². The number of anilines is 1. The van der Waals surface area contributed by atoms with Crippen LogP contribution in [0.15, 0.2) is 17.1 Å². The van der Waals surface area contributed by atoms with Crippen molar-refractivity contribution in [3.8, 4) is 18.1 Å². The molecule has 2 rings (SSSR count). The lowest BCUT2D eigenvalue weighted by Crippen LogP contribution is -2.39. The van der Waals surface area contributed by atoms with E-state index in [9.17, 15) is 9.18 Å². The molecular weight excluding hydrogens is 283 g/mol. The normalized spacial score (nSPS) is 14.6. The molecule has 0 saturated heterocycles. The minimum Gasteiger partial charge on any atom is -0.481 e. The van der Waals surface area contributed by atoms with Crippen LogP contribution < -0.4 is 9.64 Å². The zero-order valence-corrected chi connectivity index (χ0v) is 13.0. The van der Waals surface area contributed by atoms with E-state index in [1.807, 2.05) is 6.92 Å². The number of fused-ring (bicyclic) bond motifs is 1. The second-order valence-corrected chi connectivity index (χ2v) is 5.69. The highest BCUT2D eigenvalue weighted by Gasteiger charge is 2.26. The quantitative estimate of drug-likeness (QED) is 0.632. The number of amides is 1. The molecule has 0 unspecified atom stereocenters. The van der Waals surface area contributed by atoms with E-state index in [0.717, 1.165) is 12.1 Å². The Hall–Kier alpha value is -2.35. The van der Waals surface area contributed by atoms with E-state index in [-0.39, 0.29) is 24.7 Å². The lowest BCUT2D eigenvalue weighted by Gasteiger charge is -2.28. The Labute approximate surface area is 130 Å². The van der Waals surface area contributed by atoms with E-state index in [1.54, 1.807) is 0 Å². The molecule has 0 N–H and O–H groups in total. The van der Waals surface area contributed by atoms with Gasteiger partial charge in [0.2, 0.25) is 0 Å². The van der Waals surface area contributed by atoms with Crippen LogP contribution in [0.1, 0.15) is 27.2 Å². The van der Waals surface area contributed by atoms with Gasteiger partial charge < -0.3 is 4.74 Å². The van der Waals surface area contributed by atoms with Gasteiger partial charge in [-0.2, -0.15) is 0 Å². The molecule has 1 aliphatic heterocycles. The van der Waals surface area contributed by atoms with Crippen LogP contribution in [-0.2, 0) is 4.79 Å². The number of terminal acetylenes is 1. The van der Waals surface area contributed by atoms with Crippen LogP contribution in [0.3, 0.4) is 0 Å². The number of benzene rings is 1. The Morgan fingerprint density at radius 2 is 2.27 bits per heavy atom. The first kappa shape index (κ1) is 16.0. The molecule has 4 nitrogen and oxygen atoms in total. The first-order valence-corrected chi connectivity index (χ1v) is 7.16. The molecule has 0 fully saturated rings. The van der Waals surface area contributed by atoms with Crippen molar-refractivity contribution in [2.45, 2.75) is 27.2 Å². The third kappa shape index (κ3) is 3.45. The molecule has 0 aromatic heterocycles. The van der Waals surface area contributed by atoms with Crippen molar-refractivity contribution in [1.29, 1.82) is 0 Å². The Bertz CT molecular complexity index is 659. The van der Waals surface area contributed by atoms with Gasteiger partial charge in [-0.3, -0.25) is 14.7 Å². The summed E-state index contributed by atoms with van der Waals surface area (Å²) in [5.41, 5.74) is 1.49. The number of aliphatic imine (C=N–C) groups is 1. The van der Waals surface area contributed by atoms with E-state index < -0.39 is 5.82 Å². The van der Waals surface area contributed by atoms with Crippen LogP contribution >= 0.6 is 0 Å². The predicted molar refractivity (Wildman–Crippen MR) is 85.3 cm³/mol. The Morgan fingerprint density at radius 3 is 2.91 bits per heavy atom. The van der Waals surface area contributed by atoms with Crippen molar-refractivity contribution < 1.29 is 13.9 Å². The summed E-state index contributed by atoms with van der Waals surface area (Å²) in [6.07, 6.45) is 6.07. The molecule has 5 heteroatoms. The van der Waals surface area contributed by atoms with Crippen LogP contribution in [0.5, 0.6) is 5.75 Å². The molecule has 0 spiro atoms. The van der Waals surface area contributed by atoms with Crippen LogP contribution in [0, 0.1) is 24.1 Å². The lowest BCUT2D eigenvalue weighted by molar-refractivity contribution is -0.121. The van der Waals surface area contributed by atoms with Gasteiger partial charge in [0.05, 0.1) is 12.2 Å². The van der Waals surface area contributed by atoms with Gasteiger partial charge >= 0.3 is 0 Å². The average molecular weight is 302 g/mol. The van der Waals surface area contributed by atoms with Gasteiger partial charge in [0.25, 0.3) is 5.91 Å². The predicted octanol–water partition coefficient (Wildman–Crippen LogP) is 3.32. The highest BCUT2D eigenvalue weighted by Crippen LogP contribution is 2.37. The SMILES string of the molecule is C#CCN1C(=O)COc2cc(F)c(N=C(C)CC(C)C)cc21. The summed E-state index contributed by atoms with van der Waals surface area (Å²) in [5, 5.41) is 0. The highest BCUT2D eigenvalue weighted by atomic mass is 19.1. The van der Waals surface area contributed by atoms with Gasteiger partial charge in [-0.25, -0.2) is 4.39 Å². The average Bonchev–Trinajstić information content (AvgIpc) is 2.43. The van der Waals surface area contributed by atoms with E-state index in [0.29, 0.717) is 17.4 Å². The molecule has 0 radical (unpaired) electrons. The second kappa shape index (κ2) is 6.61. The fourth-order valence-electron chi connectivity index (χ4n) is 2.40. The van der Waals surface area contributed by atoms with Crippen molar-refractivity contribution in [2.24, 2.45) is 10.9 Å². The number of carbonyl (C=O) groups excluding carboxylic acids is 1. The largest absolute Gasteiger partial charge is 0.481 e.